The molecule has 1 aliphatic rings. The summed E-state index contributed by atoms with van der Waals surface area (Å²) in [6, 6.07) is 25.9. The molecule has 3 aromatic carbocycles. The fourth-order valence-corrected chi connectivity index (χ4v) is 4.94. The molecule has 0 saturated heterocycles. The molecule has 0 fully saturated rings. The van der Waals surface area contributed by atoms with Crippen molar-refractivity contribution in [3.05, 3.63) is 107 Å². The van der Waals surface area contributed by atoms with Crippen molar-refractivity contribution >= 4 is 25.5 Å². The third kappa shape index (κ3) is 4.72. The Morgan fingerprint density at radius 3 is 1.97 bits per heavy atom. The summed E-state index contributed by atoms with van der Waals surface area (Å²) in [6.45, 7) is 0.527. The van der Waals surface area contributed by atoms with Gasteiger partial charge in [-0.3, -0.25) is 4.52 Å². The fraction of sp³-hybridized carbons (Fsp3) is 0.154. The molecule has 0 heterocycles. The Kier molecular flexibility index (Phi) is 6.53. The van der Waals surface area contributed by atoms with E-state index in [-0.39, 0.29) is 0 Å². The zero-order chi connectivity index (χ0) is 21.7. The lowest BCUT2D eigenvalue weighted by molar-refractivity contribution is 0.260. The van der Waals surface area contributed by atoms with Crippen LogP contribution in [0.4, 0.5) is 0 Å². The average Bonchev–Trinajstić information content (AvgIpc) is 2.97. The monoisotopic (exact) mass is 431 g/mol. The van der Waals surface area contributed by atoms with Crippen LogP contribution in [0.15, 0.2) is 84.9 Å². The van der Waals surface area contributed by atoms with Crippen molar-refractivity contribution in [1.82, 2.24) is 4.67 Å². The summed E-state index contributed by atoms with van der Waals surface area (Å²) < 4.78 is 25.9. The van der Waals surface area contributed by atoms with E-state index in [1.54, 1.807) is 23.9 Å². The molecule has 0 amide bonds. The first-order chi connectivity index (χ1) is 15.1. The quantitative estimate of drug-likeness (QED) is 0.303. The van der Waals surface area contributed by atoms with Crippen LogP contribution in [0.2, 0.25) is 0 Å². The SMILES string of the molecule is COP(=O)(Oc1ccccc1)N(C)CCC=C1c2ccccc2C=Cc2ccccc21. The molecule has 1 unspecified atom stereocenters. The fourth-order valence-electron chi connectivity index (χ4n) is 3.70. The number of benzene rings is 3. The number of rotatable bonds is 7. The molecular weight excluding hydrogens is 405 g/mol. The maximum Gasteiger partial charge on any atom is 0.460 e. The van der Waals surface area contributed by atoms with Crippen LogP contribution in [0, 0.1) is 0 Å². The van der Waals surface area contributed by atoms with Crippen molar-refractivity contribution in [3.8, 4) is 5.75 Å². The van der Waals surface area contributed by atoms with Gasteiger partial charge < -0.3 is 4.52 Å². The van der Waals surface area contributed by atoms with Crippen LogP contribution in [-0.2, 0) is 9.09 Å². The smallest absolute Gasteiger partial charge is 0.413 e. The van der Waals surface area contributed by atoms with Gasteiger partial charge in [0.25, 0.3) is 0 Å². The molecule has 4 nitrogen and oxygen atoms in total. The maximum absolute atomic E-state index is 13.2. The highest BCUT2D eigenvalue weighted by Gasteiger charge is 2.30. The third-order valence-electron chi connectivity index (χ3n) is 5.36. The number of hydrogen-bond acceptors (Lipinski definition) is 3. The van der Waals surface area contributed by atoms with Crippen molar-refractivity contribution in [1.29, 1.82) is 0 Å². The van der Waals surface area contributed by atoms with Crippen LogP contribution in [-0.4, -0.2) is 25.4 Å². The van der Waals surface area contributed by atoms with Crippen LogP contribution >= 0.6 is 7.75 Å². The largest absolute Gasteiger partial charge is 0.460 e. The molecule has 0 saturated carbocycles. The minimum atomic E-state index is -3.43. The first-order valence-corrected chi connectivity index (χ1v) is 11.8. The predicted molar refractivity (Wildman–Crippen MR) is 128 cm³/mol. The summed E-state index contributed by atoms with van der Waals surface area (Å²) in [5.41, 5.74) is 5.95. The molecule has 1 atom stereocenters. The molecule has 0 bridgehead atoms. The van der Waals surface area contributed by atoms with Crippen LogP contribution in [0.3, 0.4) is 0 Å². The van der Waals surface area contributed by atoms with Gasteiger partial charge in [-0.15, -0.1) is 0 Å². The van der Waals surface area contributed by atoms with Gasteiger partial charge in [-0.1, -0.05) is 85.0 Å². The molecule has 5 heteroatoms. The van der Waals surface area contributed by atoms with E-state index in [9.17, 15) is 4.57 Å². The van der Waals surface area contributed by atoms with Gasteiger partial charge in [0, 0.05) is 13.7 Å². The van der Waals surface area contributed by atoms with Gasteiger partial charge >= 0.3 is 7.75 Å². The van der Waals surface area contributed by atoms with E-state index in [0.717, 1.165) is 0 Å². The molecule has 31 heavy (non-hydrogen) atoms. The standard InChI is InChI=1S/C26H26NO3P/c1-27(31(28,29-2)30-23-13-4-3-5-14-23)20-10-17-26-24-15-8-6-11-21(24)18-19-22-12-7-9-16-25(22)26/h3-9,11-19H,10,20H2,1-2H3. The minimum Gasteiger partial charge on any atom is -0.413 e. The topological polar surface area (TPSA) is 38.8 Å². The van der Waals surface area contributed by atoms with E-state index in [0.29, 0.717) is 18.7 Å². The van der Waals surface area contributed by atoms with Crippen molar-refractivity contribution in [2.45, 2.75) is 6.42 Å². The van der Waals surface area contributed by atoms with E-state index in [2.05, 4.69) is 66.8 Å². The summed E-state index contributed by atoms with van der Waals surface area (Å²) >= 11 is 0. The number of para-hydroxylation sites is 1. The highest BCUT2D eigenvalue weighted by Crippen LogP contribution is 2.50. The Labute approximate surface area is 184 Å². The summed E-state index contributed by atoms with van der Waals surface area (Å²) in [5, 5.41) is 0. The maximum atomic E-state index is 13.2. The van der Waals surface area contributed by atoms with Gasteiger partial charge in [0.1, 0.15) is 5.75 Å². The van der Waals surface area contributed by atoms with Gasteiger partial charge in [0.05, 0.1) is 0 Å². The summed E-state index contributed by atoms with van der Waals surface area (Å²) in [4.78, 5) is 0. The molecule has 3 aromatic rings. The molecule has 0 spiro atoms. The lowest BCUT2D eigenvalue weighted by Crippen LogP contribution is -2.20. The van der Waals surface area contributed by atoms with Gasteiger partial charge in [-0.05, 0) is 53.4 Å². The number of hydrogen-bond donors (Lipinski definition) is 0. The Bertz CT molecular complexity index is 1100. The van der Waals surface area contributed by atoms with Crippen molar-refractivity contribution in [2.75, 3.05) is 20.7 Å². The number of nitrogens with zero attached hydrogens (tertiary/aromatic N) is 1. The van der Waals surface area contributed by atoms with Crippen LogP contribution in [0.5, 0.6) is 5.75 Å². The first kappa shape index (κ1) is 21.3. The molecule has 0 aromatic heterocycles. The molecular formula is C26H26NO3P. The second-order valence-electron chi connectivity index (χ2n) is 7.35. The third-order valence-corrected chi connectivity index (χ3v) is 7.30. The zero-order valence-corrected chi connectivity index (χ0v) is 18.7. The molecule has 158 valence electrons. The van der Waals surface area contributed by atoms with Gasteiger partial charge in [-0.2, -0.15) is 0 Å². The molecule has 0 aliphatic heterocycles. The van der Waals surface area contributed by atoms with E-state index >= 15 is 0 Å². The molecule has 0 radical (unpaired) electrons. The highest BCUT2D eigenvalue weighted by atomic mass is 31.2. The summed E-state index contributed by atoms with van der Waals surface area (Å²) in [6.07, 6.45) is 7.23. The van der Waals surface area contributed by atoms with Crippen molar-refractivity contribution < 1.29 is 13.6 Å². The molecule has 4 rings (SSSR count). The van der Waals surface area contributed by atoms with Crippen LogP contribution in [0.1, 0.15) is 28.7 Å². The Hall–Kier alpha value is -2.91. The van der Waals surface area contributed by atoms with E-state index in [1.165, 1.54) is 34.9 Å². The molecule has 0 N–H and O–H groups in total. The van der Waals surface area contributed by atoms with E-state index in [1.807, 2.05) is 18.2 Å². The molecule has 1 aliphatic carbocycles. The predicted octanol–water partition coefficient (Wildman–Crippen LogP) is 6.76. The zero-order valence-electron chi connectivity index (χ0n) is 17.8. The van der Waals surface area contributed by atoms with Crippen LogP contribution < -0.4 is 4.52 Å². The summed E-state index contributed by atoms with van der Waals surface area (Å²) in [5.74, 6) is 0.524. The highest BCUT2D eigenvalue weighted by molar-refractivity contribution is 7.51. The average molecular weight is 431 g/mol. The van der Waals surface area contributed by atoms with Crippen molar-refractivity contribution in [3.63, 3.8) is 0 Å². The Morgan fingerprint density at radius 2 is 1.39 bits per heavy atom. The van der Waals surface area contributed by atoms with Gasteiger partial charge in [0.2, 0.25) is 0 Å². The Balaban J connectivity index is 1.57. The van der Waals surface area contributed by atoms with Gasteiger partial charge in [-0.25, -0.2) is 9.24 Å². The second kappa shape index (κ2) is 9.49. The van der Waals surface area contributed by atoms with Crippen LogP contribution in [0.25, 0.3) is 17.7 Å². The first-order valence-electron chi connectivity index (χ1n) is 10.3. The minimum absolute atomic E-state index is 0.524. The lowest BCUT2D eigenvalue weighted by atomic mass is 9.93. The second-order valence-corrected chi connectivity index (χ2v) is 9.52. The summed E-state index contributed by atoms with van der Waals surface area (Å²) in [7, 11) is -0.247. The van der Waals surface area contributed by atoms with E-state index < -0.39 is 7.75 Å². The van der Waals surface area contributed by atoms with Gasteiger partial charge in [0.15, 0.2) is 0 Å². The number of fused-ring (bicyclic) bond motifs is 2. The Morgan fingerprint density at radius 1 is 0.839 bits per heavy atom. The normalized spacial score (nSPS) is 14.4. The van der Waals surface area contributed by atoms with E-state index in [4.69, 9.17) is 9.05 Å². The lowest BCUT2D eigenvalue weighted by Gasteiger charge is -2.25. The van der Waals surface area contributed by atoms with Crippen molar-refractivity contribution in [2.24, 2.45) is 0 Å².